The van der Waals surface area contributed by atoms with Crippen molar-refractivity contribution in [3.05, 3.63) is 0 Å². The predicted molar refractivity (Wildman–Crippen MR) is 44.9 cm³/mol. The molecule has 0 aliphatic rings. The van der Waals surface area contributed by atoms with Gasteiger partial charge in [-0.15, -0.1) is 0 Å². The van der Waals surface area contributed by atoms with Crippen LogP contribution < -0.4 is 0 Å². The largest absolute Gasteiger partial charge is 0.466 e. The Morgan fingerprint density at radius 1 is 1.50 bits per heavy atom. The number of hydrogen-bond acceptors (Lipinski definition) is 2. The molecule has 0 unspecified atom stereocenters. The van der Waals surface area contributed by atoms with Gasteiger partial charge in [0.05, 0.1) is 6.61 Å². The molecule has 2 nitrogen and oxygen atoms in total. The number of carbonyl (C=O) groups is 1. The fraction of sp³-hybridized carbons (Fsp3) is 0.857. The number of rotatable bonds is 4. The van der Waals surface area contributed by atoms with Crippen molar-refractivity contribution < 1.29 is 9.53 Å². The van der Waals surface area contributed by atoms with Gasteiger partial charge in [0.2, 0.25) is 0 Å². The summed E-state index contributed by atoms with van der Waals surface area (Å²) in [4.78, 5) is 10.3. The highest BCUT2D eigenvalue weighted by atomic mass is 28.3. The SMILES string of the molecule is CC(=O)OCCC[SiH](C)C. The maximum atomic E-state index is 10.3. The summed E-state index contributed by atoms with van der Waals surface area (Å²) in [6.45, 7) is 6.66. The summed E-state index contributed by atoms with van der Waals surface area (Å²) in [5.74, 6) is -0.162. The highest BCUT2D eigenvalue weighted by molar-refractivity contribution is 6.55. The van der Waals surface area contributed by atoms with Crippen molar-refractivity contribution in [2.75, 3.05) is 6.61 Å². The highest BCUT2D eigenvalue weighted by Gasteiger charge is 1.96. The molecule has 0 aliphatic heterocycles. The van der Waals surface area contributed by atoms with Gasteiger partial charge in [-0.1, -0.05) is 19.1 Å². The van der Waals surface area contributed by atoms with Crippen LogP contribution in [-0.4, -0.2) is 21.4 Å². The minimum atomic E-state index is -0.425. The van der Waals surface area contributed by atoms with Crippen molar-refractivity contribution in [3.63, 3.8) is 0 Å². The van der Waals surface area contributed by atoms with Gasteiger partial charge < -0.3 is 4.74 Å². The van der Waals surface area contributed by atoms with Crippen LogP contribution in [-0.2, 0) is 9.53 Å². The molecule has 0 bridgehead atoms. The lowest BCUT2D eigenvalue weighted by molar-refractivity contribution is -0.140. The Labute approximate surface area is 64.2 Å². The van der Waals surface area contributed by atoms with Crippen LogP contribution in [0, 0.1) is 0 Å². The van der Waals surface area contributed by atoms with Gasteiger partial charge in [0.25, 0.3) is 0 Å². The molecule has 0 radical (unpaired) electrons. The number of carbonyl (C=O) groups excluding carboxylic acids is 1. The van der Waals surface area contributed by atoms with Gasteiger partial charge in [0.15, 0.2) is 0 Å². The summed E-state index contributed by atoms with van der Waals surface area (Å²) in [5.41, 5.74) is 0. The number of hydrogen-bond donors (Lipinski definition) is 0. The Bertz CT molecular complexity index is 102. The minimum Gasteiger partial charge on any atom is -0.466 e. The average Bonchev–Trinajstić information content (AvgIpc) is 1.79. The molecule has 0 rings (SSSR count). The molecule has 0 N–H and O–H groups in total. The highest BCUT2D eigenvalue weighted by Crippen LogP contribution is 1.96. The zero-order chi connectivity index (χ0) is 7.98. The minimum absolute atomic E-state index is 0.162. The number of ether oxygens (including phenoxy) is 1. The maximum absolute atomic E-state index is 10.3. The quantitative estimate of drug-likeness (QED) is 0.353. The second kappa shape index (κ2) is 5.47. The van der Waals surface area contributed by atoms with Gasteiger partial charge in [0, 0.05) is 15.7 Å². The fourth-order valence-corrected chi connectivity index (χ4v) is 1.69. The molecule has 0 aromatic carbocycles. The van der Waals surface area contributed by atoms with Crippen molar-refractivity contribution in [1.29, 1.82) is 0 Å². The van der Waals surface area contributed by atoms with Crippen molar-refractivity contribution >= 4 is 14.8 Å². The summed E-state index contributed by atoms with van der Waals surface area (Å²) >= 11 is 0. The van der Waals surface area contributed by atoms with Crippen molar-refractivity contribution in [1.82, 2.24) is 0 Å². The molecule has 10 heavy (non-hydrogen) atoms. The molecule has 0 saturated carbocycles. The Morgan fingerprint density at radius 3 is 2.50 bits per heavy atom. The van der Waals surface area contributed by atoms with Crippen molar-refractivity contribution in [3.8, 4) is 0 Å². The fourth-order valence-electron chi connectivity index (χ4n) is 0.707. The van der Waals surface area contributed by atoms with Gasteiger partial charge in [-0.05, 0) is 6.42 Å². The molecule has 0 fully saturated rings. The van der Waals surface area contributed by atoms with E-state index >= 15 is 0 Å². The predicted octanol–water partition coefficient (Wildman–Crippen LogP) is 1.43. The first kappa shape index (κ1) is 9.69. The second-order valence-electron chi connectivity index (χ2n) is 2.88. The standard InChI is InChI=1S/C7H16O2Si/c1-7(8)9-5-4-6-10(2)3/h10H,4-6H2,1-3H3. The zero-order valence-electron chi connectivity index (χ0n) is 7.02. The van der Waals surface area contributed by atoms with E-state index in [0.717, 1.165) is 6.42 Å². The third kappa shape index (κ3) is 7.69. The van der Waals surface area contributed by atoms with Crippen molar-refractivity contribution in [2.45, 2.75) is 32.5 Å². The lowest BCUT2D eigenvalue weighted by atomic mass is 10.5. The van der Waals surface area contributed by atoms with Crippen LogP contribution >= 0.6 is 0 Å². The Kier molecular flexibility index (Phi) is 5.30. The van der Waals surface area contributed by atoms with Crippen molar-refractivity contribution in [2.24, 2.45) is 0 Å². The van der Waals surface area contributed by atoms with Crippen LogP contribution in [0.3, 0.4) is 0 Å². The maximum Gasteiger partial charge on any atom is 0.302 e. The normalized spacial score (nSPS) is 10.0. The van der Waals surface area contributed by atoms with Crippen LogP contribution in [0.2, 0.25) is 19.1 Å². The van der Waals surface area contributed by atoms with E-state index in [1.54, 1.807) is 0 Å². The van der Waals surface area contributed by atoms with Gasteiger partial charge in [0.1, 0.15) is 0 Å². The summed E-state index contributed by atoms with van der Waals surface area (Å²) in [5, 5.41) is 0. The van der Waals surface area contributed by atoms with E-state index in [-0.39, 0.29) is 5.97 Å². The van der Waals surface area contributed by atoms with E-state index in [9.17, 15) is 4.79 Å². The Morgan fingerprint density at radius 2 is 2.10 bits per heavy atom. The smallest absolute Gasteiger partial charge is 0.302 e. The van der Waals surface area contributed by atoms with E-state index in [0.29, 0.717) is 6.61 Å². The number of esters is 1. The first-order chi connectivity index (χ1) is 4.63. The molecule has 0 spiro atoms. The monoisotopic (exact) mass is 160 g/mol. The summed E-state index contributed by atoms with van der Waals surface area (Å²) < 4.78 is 4.78. The third-order valence-electron chi connectivity index (χ3n) is 1.23. The summed E-state index contributed by atoms with van der Waals surface area (Å²) in [7, 11) is -0.425. The first-order valence-electron chi connectivity index (χ1n) is 3.76. The van der Waals surface area contributed by atoms with Gasteiger partial charge in [-0.25, -0.2) is 0 Å². The molecule has 0 aliphatic carbocycles. The third-order valence-corrected chi connectivity index (χ3v) is 2.79. The molecule has 0 saturated heterocycles. The van der Waals surface area contributed by atoms with Crippen LogP contribution in [0.4, 0.5) is 0 Å². The molecule has 0 aromatic rings. The molecule has 3 heteroatoms. The average molecular weight is 160 g/mol. The molecule has 0 atom stereocenters. The van der Waals surface area contributed by atoms with E-state index in [1.165, 1.54) is 13.0 Å². The molecule has 0 amide bonds. The van der Waals surface area contributed by atoms with Gasteiger partial charge >= 0.3 is 5.97 Å². The first-order valence-corrected chi connectivity index (χ1v) is 6.89. The summed E-state index contributed by atoms with van der Waals surface area (Å²) in [6, 6.07) is 1.27. The summed E-state index contributed by atoms with van der Waals surface area (Å²) in [6.07, 6.45) is 1.05. The van der Waals surface area contributed by atoms with Crippen LogP contribution in [0.1, 0.15) is 13.3 Å². The lowest BCUT2D eigenvalue weighted by Gasteiger charge is -2.02. The topological polar surface area (TPSA) is 26.3 Å². The van der Waals surface area contributed by atoms with Gasteiger partial charge in [-0.2, -0.15) is 0 Å². The molecular weight excluding hydrogens is 144 g/mol. The van der Waals surface area contributed by atoms with E-state index in [1.807, 2.05) is 0 Å². The molecule has 0 heterocycles. The van der Waals surface area contributed by atoms with Crippen LogP contribution in [0.5, 0.6) is 0 Å². The zero-order valence-corrected chi connectivity index (χ0v) is 8.17. The van der Waals surface area contributed by atoms with Crippen LogP contribution in [0.25, 0.3) is 0 Å². The molecule has 60 valence electrons. The Hall–Kier alpha value is -0.313. The molecular formula is C7H16O2Si. The van der Waals surface area contributed by atoms with Crippen LogP contribution in [0.15, 0.2) is 0 Å². The lowest BCUT2D eigenvalue weighted by Crippen LogP contribution is -2.04. The van der Waals surface area contributed by atoms with E-state index in [4.69, 9.17) is 4.74 Å². The Balaban J connectivity index is 2.98. The second-order valence-corrected chi connectivity index (χ2v) is 6.24. The van der Waals surface area contributed by atoms with E-state index in [2.05, 4.69) is 13.1 Å². The van der Waals surface area contributed by atoms with E-state index < -0.39 is 8.80 Å². The molecule has 0 aromatic heterocycles. The van der Waals surface area contributed by atoms with Gasteiger partial charge in [-0.3, -0.25) is 4.79 Å².